The number of likely N-dealkylation sites (tertiary alicyclic amines) is 1. The van der Waals surface area contributed by atoms with Crippen LogP contribution in [0.3, 0.4) is 0 Å². The first kappa shape index (κ1) is 23.7. The van der Waals surface area contributed by atoms with Gasteiger partial charge in [0.05, 0.1) is 23.6 Å². The second-order valence-electron chi connectivity index (χ2n) is 9.16. The summed E-state index contributed by atoms with van der Waals surface area (Å²) in [5, 5.41) is 2.99. The van der Waals surface area contributed by atoms with Gasteiger partial charge in [0.1, 0.15) is 0 Å². The second kappa shape index (κ2) is 10.2. The molecule has 0 spiro atoms. The van der Waals surface area contributed by atoms with Crippen molar-refractivity contribution in [1.29, 1.82) is 0 Å². The molecule has 2 heterocycles. The monoisotopic (exact) mass is 461 g/mol. The van der Waals surface area contributed by atoms with Crippen LogP contribution in [0.15, 0.2) is 48.5 Å². The Morgan fingerprint density at radius 2 is 1.62 bits per heavy atom. The average Bonchev–Trinajstić information content (AvgIpc) is 3.09. The predicted octanol–water partition coefficient (Wildman–Crippen LogP) is 3.64. The van der Waals surface area contributed by atoms with Crippen LogP contribution in [0.25, 0.3) is 0 Å². The third-order valence-corrected chi connectivity index (χ3v) is 6.76. The van der Waals surface area contributed by atoms with E-state index in [1.165, 1.54) is 4.90 Å². The molecule has 4 amide bonds. The first-order valence-electron chi connectivity index (χ1n) is 12.0. The molecule has 4 rings (SSSR count). The number of amides is 4. The molecule has 0 aliphatic carbocycles. The van der Waals surface area contributed by atoms with Crippen LogP contribution in [-0.4, -0.2) is 52.6 Å². The molecule has 1 fully saturated rings. The fourth-order valence-electron chi connectivity index (χ4n) is 4.62. The summed E-state index contributed by atoms with van der Waals surface area (Å²) in [7, 11) is 0. The van der Waals surface area contributed by atoms with Crippen molar-refractivity contribution >= 4 is 23.6 Å². The van der Waals surface area contributed by atoms with Crippen LogP contribution in [0.1, 0.15) is 76.2 Å². The van der Waals surface area contributed by atoms with E-state index < -0.39 is 0 Å². The maximum atomic E-state index is 13.2. The molecule has 0 aromatic heterocycles. The van der Waals surface area contributed by atoms with Gasteiger partial charge in [0.2, 0.25) is 5.91 Å². The third kappa shape index (κ3) is 4.74. The van der Waals surface area contributed by atoms with Crippen molar-refractivity contribution in [3.63, 3.8) is 0 Å². The quantitative estimate of drug-likeness (QED) is 0.504. The lowest BCUT2D eigenvalue weighted by Gasteiger charge is -2.37. The summed E-state index contributed by atoms with van der Waals surface area (Å²) in [5.74, 6) is -0.873. The molecule has 1 saturated heterocycles. The number of hydrogen-bond donors (Lipinski definition) is 1. The zero-order chi connectivity index (χ0) is 24.2. The van der Waals surface area contributed by atoms with Crippen molar-refractivity contribution in [3.8, 4) is 0 Å². The molecule has 2 atom stereocenters. The molecular formula is C27H31N3O4. The van der Waals surface area contributed by atoms with E-state index in [0.29, 0.717) is 29.8 Å². The minimum atomic E-state index is -0.300. The normalized spacial score (nSPS) is 19.8. The number of benzene rings is 2. The van der Waals surface area contributed by atoms with Crippen LogP contribution < -0.4 is 5.32 Å². The van der Waals surface area contributed by atoms with Crippen molar-refractivity contribution in [2.75, 3.05) is 13.1 Å². The van der Waals surface area contributed by atoms with Crippen molar-refractivity contribution in [2.24, 2.45) is 5.92 Å². The lowest BCUT2D eigenvalue weighted by Crippen LogP contribution is -2.49. The molecule has 2 unspecified atom stereocenters. The summed E-state index contributed by atoms with van der Waals surface area (Å²) in [5.41, 5.74) is 2.15. The minimum absolute atomic E-state index is 0.0226. The Kier molecular flexibility index (Phi) is 7.10. The Hall–Kier alpha value is -3.48. The van der Waals surface area contributed by atoms with Gasteiger partial charge in [0, 0.05) is 24.7 Å². The summed E-state index contributed by atoms with van der Waals surface area (Å²) in [4.78, 5) is 54.0. The predicted molar refractivity (Wildman–Crippen MR) is 128 cm³/mol. The third-order valence-electron chi connectivity index (χ3n) is 6.76. The molecule has 7 heteroatoms. The van der Waals surface area contributed by atoms with Gasteiger partial charge in [-0.15, -0.1) is 0 Å². The van der Waals surface area contributed by atoms with Crippen LogP contribution in [-0.2, 0) is 11.3 Å². The summed E-state index contributed by atoms with van der Waals surface area (Å²) in [6, 6.07) is 13.9. The maximum absolute atomic E-state index is 13.2. The molecular weight excluding hydrogens is 430 g/mol. The van der Waals surface area contributed by atoms with E-state index in [4.69, 9.17) is 0 Å². The number of hydrogen-bond acceptors (Lipinski definition) is 4. The summed E-state index contributed by atoms with van der Waals surface area (Å²) in [6.45, 7) is 5.33. The number of carbonyl (C=O) groups is 4. The van der Waals surface area contributed by atoms with Gasteiger partial charge in [0.15, 0.2) is 0 Å². The van der Waals surface area contributed by atoms with Crippen LogP contribution in [0.4, 0.5) is 0 Å². The van der Waals surface area contributed by atoms with Crippen molar-refractivity contribution in [2.45, 2.75) is 52.1 Å². The van der Waals surface area contributed by atoms with Gasteiger partial charge < -0.3 is 10.2 Å². The topological polar surface area (TPSA) is 86.8 Å². The first-order chi connectivity index (χ1) is 16.4. The standard InChI is InChI=1S/C27H31N3O4/c1-3-4-15-28-24(31)21-12-9-18(2)29(17-21)25(32)20-13-10-19(11-14-20)16-30-26(33)22-7-5-6-8-23(22)27(30)34/h5-8,10-11,13-14,18,21H,3-4,9,12,15-17H2,1-2H3,(H,28,31). The van der Waals surface area contributed by atoms with Gasteiger partial charge in [-0.05, 0) is 56.0 Å². The number of unbranched alkanes of at least 4 members (excludes halogenated alkanes) is 1. The summed E-state index contributed by atoms with van der Waals surface area (Å²) >= 11 is 0. The highest BCUT2D eigenvalue weighted by Gasteiger charge is 2.35. The Morgan fingerprint density at radius 1 is 0.971 bits per heavy atom. The minimum Gasteiger partial charge on any atom is -0.356 e. The number of piperidine rings is 1. The SMILES string of the molecule is CCCCNC(=O)C1CCC(C)N(C(=O)c2ccc(CN3C(=O)c4ccccc4C3=O)cc2)C1. The molecule has 0 bridgehead atoms. The highest BCUT2D eigenvalue weighted by Crippen LogP contribution is 2.26. The molecule has 1 N–H and O–H groups in total. The summed E-state index contributed by atoms with van der Waals surface area (Å²) < 4.78 is 0. The number of fused-ring (bicyclic) bond motifs is 1. The average molecular weight is 462 g/mol. The smallest absolute Gasteiger partial charge is 0.261 e. The van der Waals surface area contributed by atoms with Crippen LogP contribution in [0, 0.1) is 5.92 Å². The molecule has 2 aliphatic heterocycles. The Bertz CT molecular complexity index is 1060. The molecule has 178 valence electrons. The van der Waals surface area contributed by atoms with Gasteiger partial charge in [0.25, 0.3) is 17.7 Å². The Morgan fingerprint density at radius 3 is 2.24 bits per heavy atom. The van der Waals surface area contributed by atoms with Gasteiger partial charge in [-0.1, -0.05) is 37.6 Å². The zero-order valence-corrected chi connectivity index (χ0v) is 19.8. The Labute approximate surface area is 200 Å². The molecule has 2 aromatic rings. The maximum Gasteiger partial charge on any atom is 0.261 e. The van der Waals surface area contributed by atoms with E-state index in [1.807, 2.05) is 6.92 Å². The van der Waals surface area contributed by atoms with Gasteiger partial charge in [-0.2, -0.15) is 0 Å². The molecule has 2 aromatic carbocycles. The number of rotatable bonds is 7. The van der Waals surface area contributed by atoms with E-state index in [9.17, 15) is 19.2 Å². The molecule has 0 radical (unpaired) electrons. The van der Waals surface area contributed by atoms with Crippen LogP contribution >= 0.6 is 0 Å². The van der Waals surface area contributed by atoms with Crippen LogP contribution in [0.5, 0.6) is 0 Å². The number of nitrogens with zero attached hydrogens (tertiary/aromatic N) is 2. The lowest BCUT2D eigenvalue weighted by molar-refractivity contribution is -0.126. The molecule has 2 aliphatic rings. The van der Waals surface area contributed by atoms with Crippen LogP contribution in [0.2, 0.25) is 0 Å². The van der Waals surface area contributed by atoms with E-state index in [0.717, 1.165) is 31.2 Å². The van der Waals surface area contributed by atoms with E-state index in [2.05, 4.69) is 12.2 Å². The summed E-state index contributed by atoms with van der Waals surface area (Å²) in [6.07, 6.45) is 3.54. The lowest BCUT2D eigenvalue weighted by atomic mass is 9.92. The zero-order valence-electron chi connectivity index (χ0n) is 19.8. The Balaban J connectivity index is 1.40. The molecule has 0 saturated carbocycles. The largest absolute Gasteiger partial charge is 0.356 e. The number of carbonyl (C=O) groups excluding carboxylic acids is 4. The highest BCUT2D eigenvalue weighted by molar-refractivity contribution is 6.21. The fraction of sp³-hybridized carbons (Fsp3) is 0.407. The number of nitrogens with one attached hydrogen (secondary N) is 1. The van der Waals surface area contributed by atoms with Crippen molar-refractivity contribution < 1.29 is 19.2 Å². The fourth-order valence-corrected chi connectivity index (χ4v) is 4.62. The first-order valence-corrected chi connectivity index (χ1v) is 12.0. The van der Waals surface area contributed by atoms with E-state index in [1.54, 1.807) is 53.4 Å². The van der Waals surface area contributed by atoms with Crippen molar-refractivity contribution in [1.82, 2.24) is 15.1 Å². The van der Waals surface area contributed by atoms with Gasteiger partial charge in [-0.3, -0.25) is 24.1 Å². The molecule has 34 heavy (non-hydrogen) atoms. The number of imide groups is 1. The van der Waals surface area contributed by atoms with E-state index in [-0.39, 0.29) is 42.1 Å². The highest BCUT2D eigenvalue weighted by atomic mass is 16.2. The van der Waals surface area contributed by atoms with E-state index >= 15 is 0 Å². The molecule has 7 nitrogen and oxygen atoms in total. The second-order valence-corrected chi connectivity index (χ2v) is 9.16. The van der Waals surface area contributed by atoms with Gasteiger partial charge in [-0.25, -0.2) is 0 Å². The van der Waals surface area contributed by atoms with Crippen molar-refractivity contribution in [3.05, 3.63) is 70.8 Å². The van der Waals surface area contributed by atoms with Gasteiger partial charge >= 0.3 is 0 Å².